The molecule has 0 aromatic carbocycles. The fraction of sp³-hybridized carbons (Fsp3) is 1.00. The largest absolute Gasteiger partial charge is 0.393 e. The molecule has 4 heteroatoms. The number of hydrogen-bond donors (Lipinski definition) is 1. The topological polar surface area (TPSA) is 29.5 Å². The highest BCUT2D eigenvalue weighted by atomic mass is 19.3. The number of hydrogen-bond acceptors (Lipinski definition) is 2. The summed E-state index contributed by atoms with van der Waals surface area (Å²) in [6.07, 6.45) is 1.04. The molecule has 0 bridgehead atoms. The van der Waals surface area contributed by atoms with E-state index in [4.69, 9.17) is 0 Å². The third kappa shape index (κ3) is 4.00. The molecule has 1 fully saturated rings. The smallest absolute Gasteiger partial charge is 0.261 e. The second kappa shape index (κ2) is 5.50. The van der Waals surface area contributed by atoms with Crippen LogP contribution in [-0.2, 0) is 4.74 Å². The van der Waals surface area contributed by atoms with Gasteiger partial charge in [-0.25, -0.2) is 8.78 Å². The third-order valence-corrected chi connectivity index (χ3v) is 2.50. The van der Waals surface area contributed by atoms with Gasteiger partial charge in [-0.3, -0.25) is 0 Å². The first kappa shape index (κ1) is 10.9. The molecule has 2 nitrogen and oxygen atoms in total. The molecule has 78 valence electrons. The zero-order valence-corrected chi connectivity index (χ0v) is 7.59. The van der Waals surface area contributed by atoms with Crippen LogP contribution in [0.3, 0.4) is 0 Å². The average Bonchev–Trinajstić information content (AvgIpc) is 1.94. The molecule has 0 heterocycles. The average molecular weight is 194 g/mol. The Morgan fingerprint density at radius 1 is 1.38 bits per heavy atom. The number of halogens is 2. The van der Waals surface area contributed by atoms with Crippen LogP contribution in [-0.4, -0.2) is 30.8 Å². The van der Waals surface area contributed by atoms with Gasteiger partial charge in [-0.05, 0) is 25.2 Å². The van der Waals surface area contributed by atoms with Crippen LogP contribution < -0.4 is 0 Å². The molecule has 0 amide bonds. The summed E-state index contributed by atoms with van der Waals surface area (Å²) in [6, 6.07) is 0. The summed E-state index contributed by atoms with van der Waals surface area (Å²) in [5.74, 6) is 0.384. The molecule has 1 saturated carbocycles. The van der Waals surface area contributed by atoms with Crippen molar-refractivity contribution in [3.05, 3.63) is 0 Å². The molecule has 1 aliphatic rings. The lowest BCUT2D eigenvalue weighted by Gasteiger charge is -2.30. The molecule has 0 spiro atoms. The van der Waals surface area contributed by atoms with Crippen molar-refractivity contribution >= 4 is 0 Å². The van der Waals surface area contributed by atoms with Gasteiger partial charge in [0.25, 0.3) is 6.43 Å². The van der Waals surface area contributed by atoms with E-state index in [1.807, 2.05) is 0 Å². The Bertz CT molecular complexity index is 138. The van der Waals surface area contributed by atoms with Crippen LogP contribution in [0.25, 0.3) is 0 Å². The minimum absolute atomic E-state index is 0.238. The summed E-state index contributed by atoms with van der Waals surface area (Å²) in [4.78, 5) is 0. The second-order valence-electron chi connectivity index (χ2n) is 3.51. The Morgan fingerprint density at radius 3 is 2.54 bits per heavy atom. The molecule has 13 heavy (non-hydrogen) atoms. The number of alkyl halides is 2. The molecule has 0 aliphatic heterocycles. The molecule has 0 aromatic heterocycles. The number of rotatable bonds is 6. The van der Waals surface area contributed by atoms with E-state index in [0.717, 1.165) is 12.8 Å². The summed E-state index contributed by atoms with van der Waals surface area (Å²) in [5, 5.41) is 9.47. The third-order valence-electron chi connectivity index (χ3n) is 2.50. The molecule has 0 aromatic rings. The highest BCUT2D eigenvalue weighted by Crippen LogP contribution is 2.30. The molecular weight excluding hydrogens is 178 g/mol. The molecular formula is C9H16F2O2. The van der Waals surface area contributed by atoms with Crippen molar-refractivity contribution in [1.82, 2.24) is 0 Å². The van der Waals surface area contributed by atoms with Crippen LogP contribution in [0, 0.1) is 5.92 Å². The van der Waals surface area contributed by atoms with E-state index in [2.05, 4.69) is 4.74 Å². The van der Waals surface area contributed by atoms with Crippen LogP contribution >= 0.6 is 0 Å². The van der Waals surface area contributed by atoms with Gasteiger partial charge in [0, 0.05) is 6.61 Å². The first-order valence-electron chi connectivity index (χ1n) is 4.74. The van der Waals surface area contributed by atoms with Gasteiger partial charge in [0.05, 0.1) is 6.10 Å². The Labute approximate surface area is 76.9 Å². The Balaban J connectivity index is 1.92. The van der Waals surface area contributed by atoms with E-state index in [-0.39, 0.29) is 12.7 Å². The maximum atomic E-state index is 11.6. The Kier molecular flexibility index (Phi) is 4.59. The van der Waals surface area contributed by atoms with E-state index >= 15 is 0 Å². The van der Waals surface area contributed by atoms with Crippen molar-refractivity contribution < 1.29 is 18.6 Å². The van der Waals surface area contributed by atoms with E-state index in [1.165, 1.54) is 6.42 Å². The van der Waals surface area contributed by atoms with Crippen molar-refractivity contribution in [3.63, 3.8) is 0 Å². The number of aliphatic hydroxyl groups is 1. The molecule has 1 rings (SSSR count). The molecule has 1 N–H and O–H groups in total. The fourth-order valence-corrected chi connectivity index (χ4v) is 1.44. The van der Waals surface area contributed by atoms with Gasteiger partial charge in [-0.15, -0.1) is 0 Å². The summed E-state index contributed by atoms with van der Waals surface area (Å²) in [7, 11) is 0. The van der Waals surface area contributed by atoms with Gasteiger partial charge in [0.2, 0.25) is 0 Å². The van der Waals surface area contributed by atoms with Crippen LogP contribution in [0.4, 0.5) is 8.78 Å². The lowest BCUT2D eigenvalue weighted by Crippen LogP contribution is -2.28. The maximum Gasteiger partial charge on any atom is 0.261 e. The van der Waals surface area contributed by atoms with Crippen LogP contribution in [0.1, 0.15) is 25.7 Å². The predicted molar refractivity (Wildman–Crippen MR) is 44.8 cm³/mol. The van der Waals surface area contributed by atoms with E-state index < -0.39 is 13.0 Å². The standard InChI is InChI=1S/C9H16F2O2/c10-9(11)6-13-5-4-8(12)7-2-1-3-7/h7-9,12H,1-6H2. The van der Waals surface area contributed by atoms with E-state index in [9.17, 15) is 13.9 Å². The van der Waals surface area contributed by atoms with Gasteiger partial charge in [-0.2, -0.15) is 0 Å². The van der Waals surface area contributed by atoms with Crippen molar-refractivity contribution in [2.45, 2.75) is 38.2 Å². The van der Waals surface area contributed by atoms with Crippen molar-refractivity contribution in [2.75, 3.05) is 13.2 Å². The van der Waals surface area contributed by atoms with Crippen LogP contribution in [0.5, 0.6) is 0 Å². The van der Waals surface area contributed by atoms with Gasteiger partial charge in [-0.1, -0.05) is 6.42 Å². The normalized spacial score (nSPS) is 20.3. The van der Waals surface area contributed by atoms with Gasteiger partial charge in [0.1, 0.15) is 6.61 Å². The van der Waals surface area contributed by atoms with Crippen molar-refractivity contribution in [1.29, 1.82) is 0 Å². The first-order valence-corrected chi connectivity index (χ1v) is 4.74. The van der Waals surface area contributed by atoms with Crippen molar-refractivity contribution in [3.8, 4) is 0 Å². The second-order valence-corrected chi connectivity index (χ2v) is 3.51. The Hall–Kier alpha value is -0.220. The van der Waals surface area contributed by atoms with Gasteiger partial charge < -0.3 is 9.84 Å². The number of aliphatic hydroxyl groups excluding tert-OH is 1. The maximum absolute atomic E-state index is 11.6. The highest BCUT2D eigenvalue weighted by molar-refractivity contribution is 4.76. The zero-order chi connectivity index (χ0) is 9.68. The molecule has 0 radical (unpaired) electrons. The predicted octanol–water partition coefficient (Wildman–Crippen LogP) is 1.82. The first-order chi connectivity index (χ1) is 6.20. The highest BCUT2D eigenvalue weighted by Gasteiger charge is 2.24. The summed E-state index contributed by atoms with van der Waals surface area (Å²) >= 11 is 0. The summed E-state index contributed by atoms with van der Waals surface area (Å²) < 4.78 is 27.9. The van der Waals surface area contributed by atoms with E-state index in [0.29, 0.717) is 12.3 Å². The lowest BCUT2D eigenvalue weighted by molar-refractivity contribution is -0.0112. The van der Waals surface area contributed by atoms with Crippen molar-refractivity contribution in [2.24, 2.45) is 5.92 Å². The van der Waals surface area contributed by atoms with E-state index in [1.54, 1.807) is 0 Å². The minimum atomic E-state index is -2.40. The molecule has 1 unspecified atom stereocenters. The number of ether oxygens (including phenoxy) is 1. The molecule has 1 aliphatic carbocycles. The SMILES string of the molecule is OC(CCOCC(F)F)C1CCC1. The zero-order valence-electron chi connectivity index (χ0n) is 7.59. The monoisotopic (exact) mass is 194 g/mol. The Morgan fingerprint density at radius 2 is 2.08 bits per heavy atom. The van der Waals surface area contributed by atoms with Gasteiger partial charge in [0.15, 0.2) is 0 Å². The molecule has 0 saturated heterocycles. The minimum Gasteiger partial charge on any atom is -0.393 e. The molecule has 1 atom stereocenters. The van der Waals surface area contributed by atoms with Crippen LogP contribution in [0.15, 0.2) is 0 Å². The fourth-order valence-electron chi connectivity index (χ4n) is 1.44. The quantitative estimate of drug-likeness (QED) is 0.653. The summed E-state index contributed by atoms with van der Waals surface area (Å²) in [6.45, 7) is -0.278. The summed E-state index contributed by atoms with van der Waals surface area (Å²) in [5.41, 5.74) is 0. The van der Waals surface area contributed by atoms with Crippen LogP contribution in [0.2, 0.25) is 0 Å². The van der Waals surface area contributed by atoms with Gasteiger partial charge >= 0.3 is 0 Å². The lowest BCUT2D eigenvalue weighted by atomic mass is 9.80.